The zero-order valence-electron chi connectivity index (χ0n) is 8.98. The van der Waals surface area contributed by atoms with Crippen molar-refractivity contribution in [3.8, 4) is 0 Å². The van der Waals surface area contributed by atoms with Crippen molar-refractivity contribution in [2.45, 2.75) is 0 Å². The summed E-state index contributed by atoms with van der Waals surface area (Å²) in [6, 6.07) is 11.4. The van der Waals surface area contributed by atoms with Gasteiger partial charge in [0.15, 0.2) is 0 Å². The van der Waals surface area contributed by atoms with Crippen LogP contribution >= 0.6 is 46.4 Å². The van der Waals surface area contributed by atoms with E-state index in [1.54, 1.807) is 12.1 Å². The van der Waals surface area contributed by atoms with Gasteiger partial charge in [-0.15, -0.1) is 0 Å². The van der Waals surface area contributed by atoms with Crippen molar-refractivity contribution >= 4 is 67.9 Å². The van der Waals surface area contributed by atoms with Gasteiger partial charge in [-0.1, -0.05) is 70.7 Å². The van der Waals surface area contributed by atoms with Crippen LogP contribution < -0.4 is 0 Å². The number of hydrogen-bond donors (Lipinski definition) is 0. The molecule has 18 heavy (non-hydrogen) atoms. The third kappa shape index (κ3) is 1.76. The lowest BCUT2D eigenvalue weighted by molar-refractivity contribution is 1.76. The second kappa shape index (κ2) is 4.47. The number of hydrogen-bond acceptors (Lipinski definition) is 0. The normalized spacial score (nSPS) is 11.3. The molecule has 0 aromatic heterocycles. The maximum atomic E-state index is 6.30. The molecule has 0 nitrogen and oxygen atoms in total. The Hall–Kier alpha value is -0.660. The van der Waals surface area contributed by atoms with Crippen LogP contribution in [0.15, 0.2) is 36.4 Å². The Morgan fingerprint density at radius 3 is 1.22 bits per heavy atom. The third-order valence-corrected chi connectivity index (χ3v) is 4.56. The molecule has 0 bridgehead atoms. The van der Waals surface area contributed by atoms with Gasteiger partial charge >= 0.3 is 0 Å². The van der Waals surface area contributed by atoms with Gasteiger partial charge < -0.3 is 0 Å². The summed E-state index contributed by atoms with van der Waals surface area (Å²) in [5.41, 5.74) is 0. The highest BCUT2D eigenvalue weighted by Gasteiger charge is 2.12. The SMILES string of the molecule is Clc1ccc2ccc3ccc(Cl)c(Cl)c3c2c1Cl. The molecule has 3 aromatic carbocycles. The molecule has 0 saturated heterocycles. The Labute approximate surface area is 124 Å². The molecule has 0 N–H and O–H groups in total. The Kier molecular flexibility index (Phi) is 3.07. The summed E-state index contributed by atoms with van der Waals surface area (Å²) < 4.78 is 0. The number of fused-ring (bicyclic) bond motifs is 3. The van der Waals surface area contributed by atoms with E-state index in [0.717, 1.165) is 21.5 Å². The van der Waals surface area contributed by atoms with Gasteiger partial charge in [-0.25, -0.2) is 0 Å². The van der Waals surface area contributed by atoms with Crippen molar-refractivity contribution in [3.63, 3.8) is 0 Å². The topological polar surface area (TPSA) is 0 Å². The lowest BCUT2D eigenvalue weighted by Crippen LogP contribution is -1.82. The predicted octanol–water partition coefficient (Wildman–Crippen LogP) is 6.61. The summed E-state index contributed by atoms with van der Waals surface area (Å²) in [6.07, 6.45) is 0. The van der Waals surface area contributed by atoms with Gasteiger partial charge in [-0.2, -0.15) is 0 Å². The zero-order chi connectivity index (χ0) is 12.9. The van der Waals surface area contributed by atoms with Gasteiger partial charge in [0.1, 0.15) is 0 Å². The Balaban J connectivity index is 2.67. The van der Waals surface area contributed by atoms with E-state index in [1.165, 1.54) is 0 Å². The minimum Gasteiger partial charge on any atom is -0.0827 e. The fourth-order valence-electron chi connectivity index (χ4n) is 2.10. The van der Waals surface area contributed by atoms with Crippen molar-refractivity contribution in [1.82, 2.24) is 0 Å². The molecule has 3 rings (SSSR count). The van der Waals surface area contributed by atoms with Crippen molar-refractivity contribution < 1.29 is 0 Å². The second-order valence-electron chi connectivity index (χ2n) is 3.98. The van der Waals surface area contributed by atoms with E-state index in [1.807, 2.05) is 24.3 Å². The van der Waals surface area contributed by atoms with Crippen molar-refractivity contribution in [2.24, 2.45) is 0 Å². The van der Waals surface area contributed by atoms with Crippen LogP contribution in [0.5, 0.6) is 0 Å². The monoisotopic (exact) mass is 314 g/mol. The van der Waals surface area contributed by atoms with Gasteiger partial charge in [0.2, 0.25) is 0 Å². The lowest BCUT2D eigenvalue weighted by atomic mass is 10.0. The molecule has 0 aliphatic heterocycles. The first-order valence-corrected chi connectivity index (χ1v) is 6.75. The van der Waals surface area contributed by atoms with E-state index in [9.17, 15) is 0 Å². The molecule has 0 spiro atoms. The van der Waals surface area contributed by atoms with Crippen LogP contribution in [0.3, 0.4) is 0 Å². The summed E-state index contributed by atoms with van der Waals surface area (Å²) in [7, 11) is 0. The second-order valence-corrected chi connectivity index (χ2v) is 5.55. The van der Waals surface area contributed by atoms with Crippen LogP contribution in [0, 0.1) is 0 Å². The van der Waals surface area contributed by atoms with E-state index < -0.39 is 0 Å². The maximum absolute atomic E-state index is 6.30. The Bertz CT molecular complexity index is 711. The Morgan fingerprint density at radius 2 is 0.833 bits per heavy atom. The first kappa shape index (κ1) is 12.4. The van der Waals surface area contributed by atoms with E-state index >= 15 is 0 Å². The molecular weight excluding hydrogens is 310 g/mol. The highest BCUT2D eigenvalue weighted by molar-refractivity contribution is 6.50. The minimum atomic E-state index is 0.504. The molecule has 4 heteroatoms. The summed E-state index contributed by atoms with van der Waals surface area (Å²) >= 11 is 24.7. The molecule has 0 amide bonds. The average molecular weight is 316 g/mol. The number of benzene rings is 3. The van der Waals surface area contributed by atoms with Crippen LogP contribution in [0.2, 0.25) is 20.1 Å². The van der Waals surface area contributed by atoms with E-state index in [4.69, 9.17) is 46.4 Å². The molecular formula is C14H6Cl4. The van der Waals surface area contributed by atoms with Gasteiger partial charge in [-0.05, 0) is 22.9 Å². The highest BCUT2D eigenvalue weighted by Crippen LogP contribution is 2.40. The molecule has 0 saturated carbocycles. The summed E-state index contributed by atoms with van der Waals surface area (Å²) in [6.45, 7) is 0. The molecule has 0 radical (unpaired) electrons. The quantitative estimate of drug-likeness (QED) is 0.410. The van der Waals surface area contributed by atoms with E-state index in [-0.39, 0.29) is 0 Å². The summed E-state index contributed by atoms with van der Waals surface area (Å²) in [5, 5.41) is 5.68. The van der Waals surface area contributed by atoms with E-state index in [0.29, 0.717) is 20.1 Å². The Morgan fingerprint density at radius 1 is 0.500 bits per heavy atom. The van der Waals surface area contributed by atoms with Gasteiger partial charge in [0.05, 0.1) is 20.1 Å². The van der Waals surface area contributed by atoms with Crippen molar-refractivity contribution in [2.75, 3.05) is 0 Å². The molecule has 90 valence electrons. The maximum Gasteiger partial charge on any atom is 0.0677 e. The van der Waals surface area contributed by atoms with Crippen LogP contribution in [0.25, 0.3) is 21.5 Å². The van der Waals surface area contributed by atoms with Crippen LogP contribution in [0.1, 0.15) is 0 Å². The van der Waals surface area contributed by atoms with Gasteiger partial charge in [0.25, 0.3) is 0 Å². The standard InChI is InChI=1S/C14H6Cl4/c15-9-5-3-7-1-2-8-4-6-10(16)14(18)12(8)11(7)13(9)17/h1-6H. The van der Waals surface area contributed by atoms with Crippen LogP contribution in [0.4, 0.5) is 0 Å². The predicted molar refractivity (Wildman–Crippen MR) is 81.5 cm³/mol. The van der Waals surface area contributed by atoms with Crippen molar-refractivity contribution in [3.05, 3.63) is 56.5 Å². The molecule has 3 aromatic rings. The van der Waals surface area contributed by atoms with Crippen LogP contribution in [-0.4, -0.2) is 0 Å². The first-order chi connectivity index (χ1) is 8.59. The average Bonchev–Trinajstić information content (AvgIpc) is 2.38. The zero-order valence-corrected chi connectivity index (χ0v) is 12.0. The fourth-order valence-corrected chi connectivity index (χ4v) is 2.94. The lowest BCUT2D eigenvalue weighted by Gasteiger charge is -2.09. The first-order valence-electron chi connectivity index (χ1n) is 5.24. The third-order valence-electron chi connectivity index (χ3n) is 2.95. The molecule has 0 aliphatic carbocycles. The summed E-state index contributed by atoms with van der Waals surface area (Å²) in [5.74, 6) is 0. The number of halogens is 4. The molecule has 0 fully saturated rings. The number of rotatable bonds is 0. The summed E-state index contributed by atoms with van der Waals surface area (Å²) in [4.78, 5) is 0. The largest absolute Gasteiger partial charge is 0.0827 e. The smallest absolute Gasteiger partial charge is 0.0677 e. The minimum absolute atomic E-state index is 0.504. The molecule has 0 heterocycles. The van der Waals surface area contributed by atoms with Crippen LogP contribution in [-0.2, 0) is 0 Å². The molecule has 0 unspecified atom stereocenters. The molecule has 0 aliphatic rings. The fraction of sp³-hybridized carbons (Fsp3) is 0. The van der Waals surface area contributed by atoms with Crippen molar-refractivity contribution in [1.29, 1.82) is 0 Å². The van der Waals surface area contributed by atoms with Gasteiger partial charge in [-0.3, -0.25) is 0 Å². The van der Waals surface area contributed by atoms with Gasteiger partial charge in [0, 0.05) is 10.8 Å². The molecule has 0 atom stereocenters. The highest BCUT2D eigenvalue weighted by atomic mass is 35.5. The van der Waals surface area contributed by atoms with E-state index in [2.05, 4.69) is 0 Å².